The molecule has 0 aromatic heterocycles. The van der Waals surface area contributed by atoms with Gasteiger partial charge in [0.1, 0.15) is 0 Å². The van der Waals surface area contributed by atoms with E-state index in [1.807, 2.05) is 18.2 Å². The highest BCUT2D eigenvalue weighted by Gasteiger charge is 2.20. The number of benzene rings is 2. The minimum Gasteiger partial charge on any atom is -0.465 e. The van der Waals surface area contributed by atoms with E-state index in [-0.39, 0.29) is 12.0 Å². The summed E-state index contributed by atoms with van der Waals surface area (Å²) < 4.78 is 12.5. The number of unbranched alkanes of at least 4 members (excludes halogenated alkanes) is 23. The Bertz CT molecular complexity index is 1240. The lowest BCUT2D eigenvalue weighted by molar-refractivity contribution is -0.124. The van der Waals surface area contributed by atoms with Crippen LogP contribution in [0.25, 0.3) is 11.1 Å². The van der Waals surface area contributed by atoms with Crippen LogP contribution in [0.3, 0.4) is 0 Å². The van der Waals surface area contributed by atoms with Gasteiger partial charge in [0.25, 0.3) is 0 Å². The summed E-state index contributed by atoms with van der Waals surface area (Å²) in [7, 11) is 0. The number of ether oxygens (including phenoxy) is 2. The van der Waals surface area contributed by atoms with Gasteiger partial charge >= 0.3 is 6.09 Å². The second-order valence-corrected chi connectivity index (χ2v) is 16.8. The summed E-state index contributed by atoms with van der Waals surface area (Å²) in [5.74, 6) is -0.0583. The standard InChI is InChI=1S/C51H87N3O5/c1-3-5-7-9-11-13-15-17-19-21-23-30-40-58-44-48(59-41-31-24-22-20-18-16-14-12-10-8-6-4-2)43-54-50(55)49(34-28-29-39-52-51(56)57)53-42-45-35-37-47(38-36-45)46-32-26-25-27-33-46/h25-27,32-33,35-38,48-49,52-53H,3-24,28-31,34,39-44H2,1-2H3,(H,54,55)(H,56,57)/t48?,49-/m0/s1. The van der Waals surface area contributed by atoms with Crippen LogP contribution in [0.5, 0.6) is 0 Å². The Morgan fingerprint density at radius 1 is 0.559 bits per heavy atom. The highest BCUT2D eigenvalue weighted by Crippen LogP contribution is 2.20. The molecule has 0 aliphatic carbocycles. The van der Waals surface area contributed by atoms with Crippen LogP contribution in [0.1, 0.15) is 193 Å². The molecule has 0 saturated heterocycles. The van der Waals surface area contributed by atoms with Crippen molar-refractivity contribution in [3.8, 4) is 11.1 Å². The molecular formula is C51H87N3O5. The molecule has 0 heterocycles. The molecule has 0 bridgehead atoms. The third-order valence-electron chi connectivity index (χ3n) is 11.4. The van der Waals surface area contributed by atoms with Crippen molar-refractivity contribution in [2.45, 2.75) is 206 Å². The summed E-state index contributed by atoms with van der Waals surface area (Å²) in [5, 5.41) is 18.1. The van der Waals surface area contributed by atoms with E-state index in [1.165, 1.54) is 147 Å². The number of hydrogen-bond donors (Lipinski definition) is 4. The van der Waals surface area contributed by atoms with Crippen LogP contribution in [0, 0.1) is 0 Å². The van der Waals surface area contributed by atoms with Gasteiger partial charge in [-0.15, -0.1) is 0 Å². The molecule has 0 saturated carbocycles. The largest absolute Gasteiger partial charge is 0.465 e. The van der Waals surface area contributed by atoms with E-state index in [2.05, 4.69) is 66.2 Å². The van der Waals surface area contributed by atoms with Crippen molar-refractivity contribution in [2.24, 2.45) is 0 Å². The summed E-state index contributed by atoms with van der Waals surface area (Å²) in [6.45, 7) is 7.76. The Balaban J connectivity index is 1.82. The van der Waals surface area contributed by atoms with Crippen LogP contribution < -0.4 is 16.0 Å². The fourth-order valence-electron chi connectivity index (χ4n) is 7.64. The lowest BCUT2D eigenvalue weighted by Gasteiger charge is -2.22. The average Bonchev–Trinajstić information content (AvgIpc) is 3.25. The van der Waals surface area contributed by atoms with Gasteiger partial charge in [0.2, 0.25) is 5.91 Å². The maximum absolute atomic E-state index is 13.7. The Morgan fingerprint density at radius 3 is 1.58 bits per heavy atom. The van der Waals surface area contributed by atoms with Gasteiger partial charge in [0.15, 0.2) is 0 Å². The maximum Gasteiger partial charge on any atom is 0.404 e. The lowest BCUT2D eigenvalue weighted by atomic mass is 10.0. The van der Waals surface area contributed by atoms with Crippen LogP contribution in [-0.4, -0.2) is 62.2 Å². The number of hydrogen-bond acceptors (Lipinski definition) is 5. The van der Waals surface area contributed by atoms with E-state index in [0.717, 1.165) is 37.0 Å². The van der Waals surface area contributed by atoms with Gasteiger partial charge in [-0.25, -0.2) is 4.79 Å². The molecule has 4 N–H and O–H groups in total. The minimum atomic E-state index is -1.02. The van der Waals surface area contributed by atoms with Crippen molar-refractivity contribution < 1.29 is 24.2 Å². The van der Waals surface area contributed by atoms with E-state index in [1.54, 1.807) is 0 Å². The van der Waals surface area contributed by atoms with Gasteiger partial charge in [-0.2, -0.15) is 0 Å². The molecule has 0 aliphatic heterocycles. The SMILES string of the molecule is CCCCCCCCCCCCCCOCC(CNC(=O)[C@H](CCCCNC(=O)O)NCc1ccc(-c2ccccc2)cc1)OCCCCCCCCCCCCCC. The number of carbonyl (C=O) groups excluding carboxylic acids is 1. The first-order valence-corrected chi connectivity index (χ1v) is 24.3. The van der Waals surface area contributed by atoms with Crippen LogP contribution in [-0.2, 0) is 20.8 Å². The van der Waals surface area contributed by atoms with Crippen LogP contribution in [0.2, 0.25) is 0 Å². The number of nitrogens with one attached hydrogen (secondary N) is 3. The summed E-state index contributed by atoms with van der Waals surface area (Å²) >= 11 is 0. The predicted molar refractivity (Wildman–Crippen MR) is 248 cm³/mol. The summed E-state index contributed by atoms with van der Waals surface area (Å²) in [6.07, 6.45) is 32.3. The Labute approximate surface area is 361 Å². The van der Waals surface area contributed by atoms with Gasteiger partial charge in [-0.1, -0.05) is 210 Å². The summed E-state index contributed by atoms with van der Waals surface area (Å²) in [4.78, 5) is 24.6. The van der Waals surface area contributed by atoms with Crippen molar-refractivity contribution >= 4 is 12.0 Å². The minimum absolute atomic E-state index is 0.0583. The smallest absolute Gasteiger partial charge is 0.404 e. The molecule has 336 valence electrons. The quantitative estimate of drug-likeness (QED) is 0.0498. The maximum atomic E-state index is 13.7. The van der Waals surface area contributed by atoms with E-state index in [4.69, 9.17) is 14.6 Å². The number of carbonyl (C=O) groups is 2. The second-order valence-electron chi connectivity index (χ2n) is 16.8. The Kier molecular flexibility index (Phi) is 33.6. The first-order valence-electron chi connectivity index (χ1n) is 24.3. The molecule has 1 unspecified atom stereocenters. The normalized spacial score (nSPS) is 12.4. The Morgan fingerprint density at radius 2 is 1.05 bits per heavy atom. The van der Waals surface area contributed by atoms with Gasteiger partial charge in [0.05, 0.1) is 18.8 Å². The van der Waals surface area contributed by atoms with E-state index in [0.29, 0.717) is 45.7 Å². The van der Waals surface area contributed by atoms with Crippen molar-refractivity contribution in [1.82, 2.24) is 16.0 Å². The van der Waals surface area contributed by atoms with E-state index in [9.17, 15) is 9.59 Å². The molecule has 8 heteroatoms. The molecule has 0 radical (unpaired) electrons. The fourth-order valence-corrected chi connectivity index (χ4v) is 7.64. The molecule has 2 rings (SSSR count). The van der Waals surface area contributed by atoms with Gasteiger partial charge in [-0.05, 0) is 48.8 Å². The third-order valence-corrected chi connectivity index (χ3v) is 11.4. The molecule has 0 spiro atoms. The summed E-state index contributed by atoms with van der Waals surface area (Å²) in [5.41, 5.74) is 3.43. The molecule has 59 heavy (non-hydrogen) atoms. The third kappa shape index (κ3) is 29.9. The molecular weight excluding hydrogens is 735 g/mol. The molecule has 8 nitrogen and oxygen atoms in total. The predicted octanol–water partition coefficient (Wildman–Crippen LogP) is 13.2. The topological polar surface area (TPSA) is 109 Å². The number of amides is 2. The first kappa shape index (κ1) is 52.2. The molecule has 0 fully saturated rings. The van der Waals surface area contributed by atoms with Crippen LogP contribution >= 0.6 is 0 Å². The highest BCUT2D eigenvalue weighted by atomic mass is 16.5. The van der Waals surface area contributed by atoms with Gasteiger partial charge in [-0.3, -0.25) is 4.79 Å². The van der Waals surface area contributed by atoms with Crippen molar-refractivity contribution in [3.63, 3.8) is 0 Å². The first-order chi connectivity index (χ1) is 29.0. The molecule has 2 aromatic carbocycles. The van der Waals surface area contributed by atoms with Crippen molar-refractivity contribution in [2.75, 3.05) is 32.9 Å². The molecule has 2 atom stereocenters. The zero-order valence-corrected chi connectivity index (χ0v) is 37.8. The highest BCUT2D eigenvalue weighted by molar-refractivity contribution is 5.81. The van der Waals surface area contributed by atoms with Crippen LogP contribution in [0.15, 0.2) is 54.6 Å². The number of rotatable bonds is 41. The number of carboxylic acid groups (broad SMARTS) is 1. The van der Waals surface area contributed by atoms with Crippen molar-refractivity contribution in [3.05, 3.63) is 60.2 Å². The van der Waals surface area contributed by atoms with Crippen LogP contribution in [0.4, 0.5) is 4.79 Å². The molecule has 0 aliphatic rings. The molecule has 2 aromatic rings. The molecule has 2 amide bonds. The summed E-state index contributed by atoms with van der Waals surface area (Å²) in [6, 6.07) is 18.4. The van der Waals surface area contributed by atoms with E-state index < -0.39 is 12.1 Å². The van der Waals surface area contributed by atoms with E-state index >= 15 is 0 Å². The van der Waals surface area contributed by atoms with Gasteiger partial charge < -0.3 is 30.5 Å². The average molecular weight is 822 g/mol. The zero-order valence-electron chi connectivity index (χ0n) is 37.8. The monoisotopic (exact) mass is 822 g/mol. The van der Waals surface area contributed by atoms with Crippen molar-refractivity contribution in [1.29, 1.82) is 0 Å². The zero-order chi connectivity index (χ0) is 42.3. The lowest BCUT2D eigenvalue weighted by Crippen LogP contribution is -2.47. The van der Waals surface area contributed by atoms with Gasteiger partial charge in [0, 0.05) is 32.8 Å². The fraction of sp³-hybridized carbons (Fsp3) is 0.725. The Hall–Kier alpha value is -2.94. The second kappa shape index (κ2) is 38.0.